The molecule has 27 heavy (non-hydrogen) atoms. The molecule has 1 aliphatic heterocycles. The lowest BCUT2D eigenvalue weighted by atomic mass is 9.94. The summed E-state index contributed by atoms with van der Waals surface area (Å²) in [5.74, 6) is 0.00695. The number of amides is 4. The highest BCUT2D eigenvalue weighted by Crippen LogP contribution is 2.22. The van der Waals surface area contributed by atoms with Gasteiger partial charge in [-0.2, -0.15) is 15.2 Å². The Morgan fingerprint density at radius 1 is 1.37 bits per heavy atom. The number of hydrogen-bond donors (Lipinski definition) is 1. The van der Waals surface area contributed by atoms with Crippen LogP contribution in [0.25, 0.3) is 0 Å². The molecule has 0 saturated carbocycles. The third kappa shape index (κ3) is 4.01. The third-order valence-electron chi connectivity index (χ3n) is 4.25. The van der Waals surface area contributed by atoms with Crippen LogP contribution in [-0.4, -0.2) is 35.1 Å². The molecule has 136 valence electrons. The number of carbonyl (C=O) groups excluding carboxylic acids is 2. The lowest BCUT2D eigenvalue weighted by molar-refractivity contribution is 0.227. The smallest absolute Gasteiger partial charge is 0.305 e. The molecule has 0 spiro atoms. The number of nitrogens with zero attached hydrogens (tertiary/aromatic N) is 4. The summed E-state index contributed by atoms with van der Waals surface area (Å²) < 4.78 is 0. The lowest BCUT2D eigenvalue weighted by Crippen LogP contribution is -2.47. The van der Waals surface area contributed by atoms with Crippen molar-refractivity contribution in [3.63, 3.8) is 0 Å². The first kappa shape index (κ1) is 18.3. The van der Waals surface area contributed by atoms with E-state index in [1.807, 2.05) is 25.1 Å². The molecule has 2 aliphatic rings. The first-order valence-corrected chi connectivity index (χ1v) is 8.77. The van der Waals surface area contributed by atoms with E-state index in [4.69, 9.17) is 5.26 Å². The molecule has 1 heterocycles. The number of para-hydroxylation sites is 1. The summed E-state index contributed by atoms with van der Waals surface area (Å²) in [5, 5.41) is 11.8. The van der Waals surface area contributed by atoms with Gasteiger partial charge < -0.3 is 5.32 Å². The number of anilines is 1. The van der Waals surface area contributed by atoms with Crippen molar-refractivity contribution in [2.24, 2.45) is 15.9 Å². The van der Waals surface area contributed by atoms with E-state index in [0.717, 1.165) is 12.8 Å². The van der Waals surface area contributed by atoms with Crippen LogP contribution in [0.4, 0.5) is 15.3 Å². The van der Waals surface area contributed by atoms with Gasteiger partial charge in [-0.3, -0.25) is 4.90 Å². The van der Waals surface area contributed by atoms with Crippen LogP contribution in [0.3, 0.4) is 0 Å². The Balaban J connectivity index is 1.92. The van der Waals surface area contributed by atoms with Crippen molar-refractivity contribution in [2.75, 3.05) is 11.9 Å². The summed E-state index contributed by atoms with van der Waals surface area (Å²) in [5.41, 5.74) is 1.29. The molecule has 0 aromatic heterocycles. The van der Waals surface area contributed by atoms with Gasteiger partial charge in [0.2, 0.25) is 0 Å². The quantitative estimate of drug-likeness (QED) is 0.880. The number of fused-ring (bicyclic) bond motifs is 1. The summed E-state index contributed by atoms with van der Waals surface area (Å²) in [6, 6.07) is 7.66. The normalized spacial score (nSPS) is 19.5. The van der Waals surface area contributed by atoms with Gasteiger partial charge >= 0.3 is 12.1 Å². The molecule has 1 aromatic rings. The highest BCUT2D eigenvalue weighted by Gasteiger charge is 2.34. The molecule has 1 atom stereocenters. The van der Waals surface area contributed by atoms with Crippen LogP contribution in [0.5, 0.6) is 0 Å². The lowest BCUT2D eigenvalue weighted by Gasteiger charge is -2.31. The van der Waals surface area contributed by atoms with Gasteiger partial charge in [-0.05, 0) is 24.6 Å². The average Bonchev–Trinajstić information content (AvgIpc) is 2.68. The Morgan fingerprint density at radius 3 is 2.96 bits per heavy atom. The van der Waals surface area contributed by atoms with E-state index in [-0.39, 0.29) is 5.92 Å². The number of hydrogen-bond acceptors (Lipinski definition) is 3. The zero-order chi connectivity index (χ0) is 19.2. The van der Waals surface area contributed by atoms with Crippen LogP contribution in [0.15, 0.2) is 58.6 Å². The Hall–Kier alpha value is -3.53. The summed E-state index contributed by atoms with van der Waals surface area (Å²) in [6.07, 6.45) is 8.93. The predicted molar refractivity (Wildman–Crippen MR) is 104 cm³/mol. The molecule has 1 unspecified atom stereocenters. The van der Waals surface area contributed by atoms with Gasteiger partial charge in [-0.25, -0.2) is 9.59 Å². The molecule has 7 heteroatoms. The molecular weight excluding hydrogens is 342 g/mol. The highest BCUT2D eigenvalue weighted by atomic mass is 16.2. The van der Waals surface area contributed by atoms with Gasteiger partial charge in [-0.1, -0.05) is 43.7 Å². The average molecular weight is 361 g/mol. The zero-order valence-corrected chi connectivity index (χ0v) is 14.9. The number of nitrogens with one attached hydrogen (secondary N) is 1. The molecule has 0 fully saturated rings. The number of nitriles is 1. The van der Waals surface area contributed by atoms with Crippen LogP contribution >= 0.6 is 0 Å². The number of rotatable bonds is 4. The van der Waals surface area contributed by atoms with Gasteiger partial charge in [0.25, 0.3) is 0 Å². The van der Waals surface area contributed by atoms with Crippen LogP contribution in [-0.2, 0) is 0 Å². The summed E-state index contributed by atoms with van der Waals surface area (Å²) >= 11 is 0. The van der Waals surface area contributed by atoms with E-state index >= 15 is 0 Å². The molecule has 7 nitrogen and oxygen atoms in total. The molecule has 1 aliphatic carbocycles. The van der Waals surface area contributed by atoms with E-state index in [0.29, 0.717) is 29.3 Å². The molecule has 0 bridgehead atoms. The topological polar surface area (TPSA) is 97.9 Å². The second-order valence-electron chi connectivity index (χ2n) is 6.10. The Kier molecular flexibility index (Phi) is 5.57. The summed E-state index contributed by atoms with van der Waals surface area (Å²) in [6.45, 7) is 2.47. The minimum Gasteiger partial charge on any atom is -0.305 e. The van der Waals surface area contributed by atoms with Crippen LogP contribution < -0.4 is 5.32 Å². The van der Waals surface area contributed by atoms with Crippen LogP contribution in [0, 0.1) is 17.2 Å². The van der Waals surface area contributed by atoms with Crippen molar-refractivity contribution in [1.82, 2.24) is 4.90 Å². The van der Waals surface area contributed by atoms with Crippen molar-refractivity contribution in [3.05, 3.63) is 54.1 Å². The fraction of sp³-hybridized carbons (Fsp3) is 0.250. The van der Waals surface area contributed by atoms with Crippen LogP contribution in [0.2, 0.25) is 0 Å². The Labute approximate surface area is 157 Å². The fourth-order valence-corrected chi connectivity index (χ4v) is 2.89. The van der Waals surface area contributed by atoms with Gasteiger partial charge in [0.05, 0.1) is 22.9 Å². The SMILES string of the molecule is CCCCN1C(=O)N=C2C=CC=CC2/C1=N/C(=O)Nc1ccccc1C#N. The van der Waals surface area contributed by atoms with Crippen molar-refractivity contribution in [3.8, 4) is 6.07 Å². The maximum absolute atomic E-state index is 12.5. The summed E-state index contributed by atoms with van der Waals surface area (Å²) in [4.78, 5) is 34.7. The maximum Gasteiger partial charge on any atom is 0.349 e. The first-order valence-electron chi connectivity index (χ1n) is 8.77. The molecule has 0 radical (unpaired) electrons. The van der Waals surface area contributed by atoms with Crippen molar-refractivity contribution >= 4 is 29.3 Å². The molecule has 0 saturated heterocycles. The van der Waals surface area contributed by atoms with E-state index in [1.54, 1.807) is 36.4 Å². The standard InChI is InChI=1S/C20H19N5O2/c1-2-3-12-25-18(15-9-5-7-11-17(15)23-20(25)27)24-19(26)22-16-10-6-4-8-14(16)13-21/h4-11,15H,2-3,12H2,1H3,(H,22,26)/b24-18-. The predicted octanol–water partition coefficient (Wildman–Crippen LogP) is 3.91. The third-order valence-corrected chi connectivity index (χ3v) is 4.25. The van der Waals surface area contributed by atoms with Crippen molar-refractivity contribution in [1.29, 1.82) is 5.26 Å². The molecule has 1 N–H and O–H groups in total. The maximum atomic E-state index is 12.5. The van der Waals surface area contributed by atoms with Gasteiger partial charge in [0.1, 0.15) is 11.9 Å². The number of allylic oxidation sites excluding steroid dienone is 3. The monoisotopic (exact) mass is 361 g/mol. The number of urea groups is 2. The van der Waals surface area contributed by atoms with Gasteiger partial charge in [0.15, 0.2) is 0 Å². The largest absolute Gasteiger partial charge is 0.349 e. The van der Waals surface area contributed by atoms with Crippen molar-refractivity contribution < 1.29 is 9.59 Å². The number of unbranched alkanes of at least 4 members (excludes halogenated alkanes) is 1. The highest BCUT2D eigenvalue weighted by molar-refractivity contribution is 6.24. The second-order valence-corrected chi connectivity index (χ2v) is 6.10. The number of carbonyl (C=O) groups is 2. The van der Waals surface area contributed by atoms with E-state index in [9.17, 15) is 9.59 Å². The number of amidine groups is 1. The molecule has 3 rings (SSSR count). The zero-order valence-electron chi connectivity index (χ0n) is 14.9. The first-order chi connectivity index (χ1) is 13.1. The summed E-state index contributed by atoms with van der Waals surface area (Å²) in [7, 11) is 0. The van der Waals surface area contributed by atoms with E-state index < -0.39 is 12.1 Å². The molecule has 1 aromatic carbocycles. The van der Waals surface area contributed by atoms with E-state index in [1.165, 1.54) is 4.90 Å². The van der Waals surface area contributed by atoms with Gasteiger partial charge in [0, 0.05) is 6.54 Å². The molecular formula is C20H19N5O2. The number of benzene rings is 1. The minimum atomic E-state index is -0.633. The second kappa shape index (κ2) is 8.23. The van der Waals surface area contributed by atoms with Crippen molar-refractivity contribution in [2.45, 2.75) is 19.8 Å². The minimum absolute atomic E-state index is 0.344. The Bertz CT molecular complexity index is 921. The van der Waals surface area contributed by atoms with Gasteiger partial charge in [-0.15, -0.1) is 0 Å². The van der Waals surface area contributed by atoms with Crippen LogP contribution in [0.1, 0.15) is 25.3 Å². The fourth-order valence-electron chi connectivity index (χ4n) is 2.89. The Morgan fingerprint density at radius 2 is 2.19 bits per heavy atom. The number of aliphatic imine (C=N–C) groups is 2. The van der Waals surface area contributed by atoms with E-state index in [2.05, 4.69) is 15.3 Å². The molecule has 4 amide bonds.